The third-order valence-electron chi connectivity index (χ3n) is 3.08. The van der Waals surface area contributed by atoms with Gasteiger partial charge in [0.25, 0.3) is 0 Å². The number of rotatable bonds is 5. The number of benzene rings is 1. The fourth-order valence-electron chi connectivity index (χ4n) is 1.92. The highest BCUT2D eigenvalue weighted by Crippen LogP contribution is 2.24. The Morgan fingerprint density at radius 1 is 1.11 bits per heavy atom. The zero-order valence-corrected chi connectivity index (χ0v) is 13.7. The van der Waals surface area contributed by atoms with Gasteiger partial charge in [-0.3, -0.25) is 4.90 Å². The standard InChI is InChI=1S/C15H19BrN2S/c1-11(2)18(10-14-7-8-15(16)19-14)9-12-3-5-13(17)6-4-12/h3-8,11H,9-10,17H2,1-2H3. The summed E-state index contributed by atoms with van der Waals surface area (Å²) >= 11 is 5.32. The predicted molar refractivity (Wildman–Crippen MR) is 87.3 cm³/mol. The smallest absolute Gasteiger partial charge is 0.0701 e. The van der Waals surface area contributed by atoms with E-state index in [1.807, 2.05) is 12.1 Å². The maximum atomic E-state index is 5.73. The number of nitrogens with two attached hydrogens (primary N) is 1. The van der Waals surface area contributed by atoms with E-state index in [0.717, 1.165) is 18.8 Å². The summed E-state index contributed by atoms with van der Waals surface area (Å²) in [5.74, 6) is 0. The molecule has 0 atom stereocenters. The van der Waals surface area contributed by atoms with Gasteiger partial charge in [0.1, 0.15) is 0 Å². The van der Waals surface area contributed by atoms with Crippen molar-refractivity contribution in [3.05, 3.63) is 50.6 Å². The van der Waals surface area contributed by atoms with Crippen LogP contribution in [0.25, 0.3) is 0 Å². The first-order valence-corrected chi connectivity index (χ1v) is 7.98. The number of thiophene rings is 1. The summed E-state index contributed by atoms with van der Waals surface area (Å²) in [5, 5.41) is 0. The average molecular weight is 339 g/mol. The normalized spacial score (nSPS) is 11.4. The van der Waals surface area contributed by atoms with Gasteiger partial charge in [-0.2, -0.15) is 0 Å². The Morgan fingerprint density at radius 3 is 2.32 bits per heavy atom. The average Bonchev–Trinajstić information content (AvgIpc) is 2.76. The first-order valence-electron chi connectivity index (χ1n) is 6.37. The fourth-order valence-corrected chi connectivity index (χ4v) is 3.42. The zero-order valence-electron chi connectivity index (χ0n) is 11.3. The van der Waals surface area contributed by atoms with E-state index in [2.05, 4.69) is 58.9 Å². The number of nitrogen functional groups attached to an aromatic ring is 1. The summed E-state index contributed by atoms with van der Waals surface area (Å²) in [6, 6.07) is 13.0. The molecule has 0 bridgehead atoms. The van der Waals surface area contributed by atoms with E-state index in [1.54, 1.807) is 11.3 Å². The van der Waals surface area contributed by atoms with E-state index in [9.17, 15) is 0 Å². The lowest BCUT2D eigenvalue weighted by molar-refractivity contribution is 0.205. The minimum Gasteiger partial charge on any atom is -0.399 e. The summed E-state index contributed by atoms with van der Waals surface area (Å²) < 4.78 is 1.19. The van der Waals surface area contributed by atoms with Crippen molar-refractivity contribution in [3.8, 4) is 0 Å². The maximum Gasteiger partial charge on any atom is 0.0701 e. The summed E-state index contributed by atoms with van der Waals surface area (Å²) in [4.78, 5) is 3.85. The van der Waals surface area contributed by atoms with Crippen LogP contribution in [0.3, 0.4) is 0 Å². The highest BCUT2D eigenvalue weighted by molar-refractivity contribution is 9.11. The highest BCUT2D eigenvalue weighted by Gasteiger charge is 2.12. The molecule has 0 unspecified atom stereocenters. The van der Waals surface area contributed by atoms with Crippen molar-refractivity contribution in [2.75, 3.05) is 5.73 Å². The number of hydrogen-bond acceptors (Lipinski definition) is 3. The number of nitrogens with zero attached hydrogens (tertiary/aromatic N) is 1. The molecule has 19 heavy (non-hydrogen) atoms. The SMILES string of the molecule is CC(C)N(Cc1ccc(N)cc1)Cc1ccc(Br)s1. The van der Waals surface area contributed by atoms with E-state index in [1.165, 1.54) is 14.2 Å². The summed E-state index contributed by atoms with van der Waals surface area (Å²) in [7, 11) is 0. The van der Waals surface area contributed by atoms with Gasteiger partial charge in [0.05, 0.1) is 3.79 Å². The molecule has 1 heterocycles. The quantitative estimate of drug-likeness (QED) is 0.813. The first-order chi connectivity index (χ1) is 9.04. The molecular weight excluding hydrogens is 320 g/mol. The van der Waals surface area contributed by atoms with Crippen LogP contribution in [0.1, 0.15) is 24.3 Å². The van der Waals surface area contributed by atoms with Crippen molar-refractivity contribution in [1.29, 1.82) is 0 Å². The van der Waals surface area contributed by atoms with Crippen molar-refractivity contribution in [2.24, 2.45) is 0 Å². The van der Waals surface area contributed by atoms with Crippen LogP contribution in [0.2, 0.25) is 0 Å². The monoisotopic (exact) mass is 338 g/mol. The van der Waals surface area contributed by atoms with Gasteiger partial charge in [-0.25, -0.2) is 0 Å². The third kappa shape index (κ3) is 4.34. The first kappa shape index (κ1) is 14.6. The van der Waals surface area contributed by atoms with E-state index in [-0.39, 0.29) is 0 Å². The zero-order chi connectivity index (χ0) is 13.8. The van der Waals surface area contributed by atoms with Gasteiger partial charge in [-0.15, -0.1) is 11.3 Å². The van der Waals surface area contributed by atoms with Crippen molar-refractivity contribution >= 4 is 33.0 Å². The molecule has 102 valence electrons. The molecule has 0 fully saturated rings. The largest absolute Gasteiger partial charge is 0.399 e. The lowest BCUT2D eigenvalue weighted by Gasteiger charge is -2.26. The van der Waals surface area contributed by atoms with E-state index < -0.39 is 0 Å². The number of hydrogen-bond donors (Lipinski definition) is 1. The van der Waals surface area contributed by atoms with Crippen LogP contribution < -0.4 is 5.73 Å². The van der Waals surface area contributed by atoms with Gasteiger partial charge in [0.2, 0.25) is 0 Å². The highest BCUT2D eigenvalue weighted by atomic mass is 79.9. The summed E-state index contributed by atoms with van der Waals surface area (Å²) in [6.45, 7) is 6.41. The minimum absolute atomic E-state index is 0.512. The number of anilines is 1. The molecule has 2 rings (SSSR count). The van der Waals surface area contributed by atoms with E-state index in [0.29, 0.717) is 6.04 Å². The molecule has 0 spiro atoms. The predicted octanol–water partition coefficient (Wildman–Crippen LogP) is 4.50. The van der Waals surface area contributed by atoms with Crippen LogP contribution in [0, 0.1) is 0 Å². The van der Waals surface area contributed by atoms with Crippen molar-refractivity contribution < 1.29 is 0 Å². The second-order valence-corrected chi connectivity index (χ2v) is 7.49. The maximum absolute atomic E-state index is 5.73. The summed E-state index contributed by atoms with van der Waals surface area (Å²) in [6.07, 6.45) is 0. The Labute approximate surface area is 127 Å². The fraction of sp³-hybridized carbons (Fsp3) is 0.333. The topological polar surface area (TPSA) is 29.3 Å². The van der Waals surface area contributed by atoms with E-state index >= 15 is 0 Å². The second kappa shape index (κ2) is 6.55. The Bertz CT molecular complexity index is 519. The van der Waals surface area contributed by atoms with Gasteiger partial charge in [0.15, 0.2) is 0 Å². The lowest BCUT2D eigenvalue weighted by atomic mass is 10.1. The molecule has 0 amide bonds. The molecule has 0 aliphatic carbocycles. The molecule has 4 heteroatoms. The van der Waals surface area contributed by atoms with Crippen LogP contribution in [0.4, 0.5) is 5.69 Å². The van der Waals surface area contributed by atoms with Gasteiger partial charge < -0.3 is 5.73 Å². The molecule has 2 nitrogen and oxygen atoms in total. The third-order valence-corrected chi connectivity index (χ3v) is 4.69. The molecule has 0 radical (unpaired) electrons. The molecule has 1 aromatic carbocycles. The molecular formula is C15H19BrN2S. The molecule has 2 N–H and O–H groups in total. The lowest BCUT2D eigenvalue weighted by Crippen LogP contribution is -2.29. The number of halogens is 1. The van der Waals surface area contributed by atoms with Crippen LogP contribution in [0.15, 0.2) is 40.2 Å². The Hall–Kier alpha value is -0.840. The molecule has 0 aliphatic rings. The van der Waals surface area contributed by atoms with Crippen LogP contribution >= 0.6 is 27.3 Å². The van der Waals surface area contributed by atoms with Crippen LogP contribution in [0.5, 0.6) is 0 Å². The summed E-state index contributed by atoms with van der Waals surface area (Å²) in [5.41, 5.74) is 7.85. The molecule has 1 aromatic heterocycles. The van der Waals surface area contributed by atoms with Crippen molar-refractivity contribution in [3.63, 3.8) is 0 Å². The second-order valence-electron chi connectivity index (χ2n) is 4.95. The van der Waals surface area contributed by atoms with Gasteiger partial charge >= 0.3 is 0 Å². The molecule has 2 aromatic rings. The van der Waals surface area contributed by atoms with Crippen LogP contribution in [-0.2, 0) is 13.1 Å². The Morgan fingerprint density at radius 2 is 1.79 bits per heavy atom. The van der Waals surface area contributed by atoms with Crippen LogP contribution in [-0.4, -0.2) is 10.9 Å². The minimum atomic E-state index is 0.512. The molecule has 0 saturated carbocycles. The van der Waals surface area contributed by atoms with E-state index in [4.69, 9.17) is 5.73 Å². The van der Waals surface area contributed by atoms with Gasteiger partial charge in [-0.05, 0) is 59.6 Å². The molecule has 0 aliphatic heterocycles. The van der Waals surface area contributed by atoms with Gasteiger partial charge in [0, 0.05) is 29.7 Å². The van der Waals surface area contributed by atoms with Gasteiger partial charge in [-0.1, -0.05) is 12.1 Å². The van der Waals surface area contributed by atoms with Crippen molar-refractivity contribution in [2.45, 2.75) is 33.0 Å². The Balaban J connectivity index is 2.06. The Kier molecular flexibility index (Phi) is 5.02. The molecule has 0 saturated heterocycles. The van der Waals surface area contributed by atoms with Crippen molar-refractivity contribution in [1.82, 2.24) is 4.90 Å².